The number of carbonyl (C=O) groups excluding carboxylic acids is 1. The SMILES string of the molecule is CC(C)S(=O)(=O)c1ccc(C(=O)Nc2nc(C(C)(C)C)cs2)cc1. The number of nitrogens with zero attached hydrogens (tertiary/aromatic N) is 1. The Bertz CT molecular complexity index is 829. The number of thiazole rings is 1. The van der Waals surface area contributed by atoms with Gasteiger partial charge in [-0.15, -0.1) is 11.3 Å². The van der Waals surface area contributed by atoms with Crippen molar-refractivity contribution in [2.75, 3.05) is 5.32 Å². The molecule has 1 heterocycles. The van der Waals surface area contributed by atoms with E-state index < -0.39 is 15.1 Å². The predicted molar refractivity (Wildman–Crippen MR) is 97.5 cm³/mol. The van der Waals surface area contributed by atoms with E-state index in [1.54, 1.807) is 13.8 Å². The summed E-state index contributed by atoms with van der Waals surface area (Å²) >= 11 is 1.37. The van der Waals surface area contributed by atoms with E-state index in [9.17, 15) is 13.2 Å². The zero-order chi connectivity index (χ0) is 18.1. The molecule has 0 atom stereocenters. The first-order chi connectivity index (χ1) is 11.0. The van der Waals surface area contributed by atoms with Crippen LogP contribution >= 0.6 is 11.3 Å². The first-order valence-electron chi connectivity index (χ1n) is 7.63. The second-order valence-electron chi connectivity index (χ2n) is 6.86. The summed E-state index contributed by atoms with van der Waals surface area (Å²) in [6, 6.07) is 5.96. The molecular formula is C17H22N2O3S2. The minimum Gasteiger partial charge on any atom is -0.298 e. The summed E-state index contributed by atoms with van der Waals surface area (Å²) in [4.78, 5) is 16.9. The number of nitrogens with one attached hydrogen (secondary N) is 1. The first-order valence-corrected chi connectivity index (χ1v) is 10.1. The highest BCUT2D eigenvalue weighted by atomic mass is 32.2. The molecule has 0 bridgehead atoms. The summed E-state index contributed by atoms with van der Waals surface area (Å²) in [5.74, 6) is -0.307. The van der Waals surface area contributed by atoms with Crippen molar-refractivity contribution in [3.8, 4) is 0 Å². The van der Waals surface area contributed by atoms with Gasteiger partial charge in [0.15, 0.2) is 15.0 Å². The fourth-order valence-corrected chi connectivity index (χ4v) is 3.91. The van der Waals surface area contributed by atoms with Gasteiger partial charge in [0, 0.05) is 16.4 Å². The second-order valence-corrected chi connectivity index (χ2v) is 10.2. The Kier molecular flexibility index (Phi) is 5.15. The molecule has 0 aliphatic carbocycles. The molecule has 0 unspecified atom stereocenters. The molecule has 1 aromatic carbocycles. The maximum atomic E-state index is 12.3. The summed E-state index contributed by atoms with van der Waals surface area (Å²) < 4.78 is 24.2. The van der Waals surface area contributed by atoms with E-state index in [1.807, 2.05) is 5.38 Å². The molecule has 2 aromatic rings. The molecule has 0 spiro atoms. The first kappa shape index (κ1) is 18.6. The van der Waals surface area contributed by atoms with E-state index in [0.29, 0.717) is 10.7 Å². The lowest BCUT2D eigenvalue weighted by molar-refractivity contribution is 0.102. The van der Waals surface area contributed by atoms with Crippen molar-refractivity contribution in [2.45, 2.75) is 50.2 Å². The number of hydrogen-bond donors (Lipinski definition) is 1. The third-order valence-corrected chi connectivity index (χ3v) is 6.49. The maximum absolute atomic E-state index is 12.3. The van der Waals surface area contributed by atoms with Gasteiger partial charge in [-0.1, -0.05) is 20.8 Å². The van der Waals surface area contributed by atoms with E-state index >= 15 is 0 Å². The zero-order valence-electron chi connectivity index (χ0n) is 14.5. The molecule has 0 saturated heterocycles. The molecule has 7 heteroatoms. The van der Waals surface area contributed by atoms with Gasteiger partial charge >= 0.3 is 0 Å². The van der Waals surface area contributed by atoms with Gasteiger partial charge in [-0.3, -0.25) is 10.1 Å². The van der Waals surface area contributed by atoms with Crippen LogP contribution in [0.25, 0.3) is 0 Å². The average molecular weight is 367 g/mol. The number of sulfone groups is 1. The lowest BCUT2D eigenvalue weighted by atomic mass is 9.93. The average Bonchev–Trinajstić information content (AvgIpc) is 2.96. The van der Waals surface area contributed by atoms with Gasteiger partial charge in [0.1, 0.15) is 0 Å². The van der Waals surface area contributed by atoms with Crippen LogP contribution in [0.5, 0.6) is 0 Å². The summed E-state index contributed by atoms with van der Waals surface area (Å²) in [7, 11) is -3.33. The Hall–Kier alpha value is -1.73. The van der Waals surface area contributed by atoms with Crippen molar-refractivity contribution in [1.29, 1.82) is 0 Å². The molecule has 0 aliphatic heterocycles. The van der Waals surface area contributed by atoms with E-state index in [1.165, 1.54) is 35.6 Å². The number of hydrogen-bond acceptors (Lipinski definition) is 5. The quantitative estimate of drug-likeness (QED) is 0.891. The van der Waals surface area contributed by atoms with Crippen molar-refractivity contribution in [3.63, 3.8) is 0 Å². The fourth-order valence-electron chi connectivity index (χ4n) is 1.91. The summed E-state index contributed by atoms with van der Waals surface area (Å²) in [5.41, 5.74) is 1.23. The highest BCUT2D eigenvalue weighted by Crippen LogP contribution is 2.26. The number of benzene rings is 1. The van der Waals surface area contributed by atoms with E-state index in [2.05, 4.69) is 31.1 Å². The van der Waals surface area contributed by atoms with Gasteiger partial charge in [-0.2, -0.15) is 0 Å². The molecule has 1 aromatic heterocycles. The Morgan fingerprint density at radius 2 is 1.75 bits per heavy atom. The lowest BCUT2D eigenvalue weighted by Crippen LogP contribution is -2.16. The Labute approximate surface area is 147 Å². The molecule has 5 nitrogen and oxygen atoms in total. The molecule has 0 radical (unpaired) electrons. The highest BCUT2D eigenvalue weighted by molar-refractivity contribution is 7.92. The van der Waals surface area contributed by atoms with E-state index in [4.69, 9.17) is 0 Å². The van der Waals surface area contributed by atoms with Crippen molar-refractivity contribution >= 4 is 32.2 Å². The highest BCUT2D eigenvalue weighted by Gasteiger charge is 2.20. The number of rotatable bonds is 4. The van der Waals surface area contributed by atoms with E-state index in [-0.39, 0.29) is 16.2 Å². The van der Waals surface area contributed by atoms with Crippen LogP contribution in [0.2, 0.25) is 0 Å². The van der Waals surface area contributed by atoms with E-state index in [0.717, 1.165) is 5.69 Å². The number of carbonyl (C=O) groups is 1. The van der Waals surface area contributed by atoms with Gasteiger partial charge < -0.3 is 0 Å². The number of anilines is 1. The molecule has 1 amide bonds. The monoisotopic (exact) mass is 366 g/mol. The summed E-state index contributed by atoms with van der Waals surface area (Å²) in [6.07, 6.45) is 0. The van der Waals surface area contributed by atoms with Gasteiger partial charge in [-0.05, 0) is 38.1 Å². The molecule has 1 N–H and O–H groups in total. The molecule has 0 aliphatic rings. The second kappa shape index (κ2) is 6.64. The molecule has 130 valence electrons. The van der Waals surface area contributed by atoms with Crippen LogP contribution in [0.3, 0.4) is 0 Å². The van der Waals surface area contributed by atoms with Gasteiger partial charge in [0.25, 0.3) is 5.91 Å². The maximum Gasteiger partial charge on any atom is 0.257 e. The Morgan fingerprint density at radius 1 is 1.17 bits per heavy atom. The molecule has 0 fully saturated rings. The van der Waals surface area contributed by atoms with Gasteiger partial charge in [0.05, 0.1) is 15.8 Å². The molecule has 0 saturated carbocycles. The van der Waals surface area contributed by atoms with Crippen molar-refractivity contribution in [3.05, 3.63) is 40.9 Å². The van der Waals surface area contributed by atoms with Crippen molar-refractivity contribution in [1.82, 2.24) is 4.98 Å². The van der Waals surface area contributed by atoms with Gasteiger partial charge in [0.2, 0.25) is 0 Å². The molecule has 2 rings (SSSR count). The van der Waals surface area contributed by atoms with Crippen molar-refractivity contribution in [2.24, 2.45) is 0 Å². The number of aromatic nitrogens is 1. The standard InChI is InChI=1S/C17H22N2O3S2/c1-11(2)24(21,22)13-8-6-12(7-9-13)15(20)19-16-18-14(10-23-16)17(3,4)5/h6-11H,1-5H3,(H,18,19,20). The molecule has 24 heavy (non-hydrogen) atoms. The minimum atomic E-state index is -3.33. The van der Waals surface area contributed by atoms with Crippen LogP contribution in [0.15, 0.2) is 34.5 Å². The van der Waals surface area contributed by atoms with Crippen LogP contribution in [0, 0.1) is 0 Å². The predicted octanol–water partition coefficient (Wildman–Crippen LogP) is 3.88. The smallest absolute Gasteiger partial charge is 0.257 e. The van der Waals surface area contributed by atoms with Crippen LogP contribution < -0.4 is 5.32 Å². The third kappa shape index (κ3) is 4.02. The van der Waals surface area contributed by atoms with Gasteiger partial charge in [-0.25, -0.2) is 13.4 Å². The van der Waals surface area contributed by atoms with Crippen LogP contribution in [0.4, 0.5) is 5.13 Å². The summed E-state index contributed by atoms with van der Waals surface area (Å²) in [5, 5.41) is 4.71. The lowest BCUT2D eigenvalue weighted by Gasteiger charge is -2.14. The topological polar surface area (TPSA) is 76.1 Å². The third-order valence-electron chi connectivity index (χ3n) is 3.56. The zero-order valence-corrected chi connectivity index (χ0v) is 16.1. The van der Waals surface area contributed by atoms with Crippen LogP contribution in [0.1, 0.15) is 50.7 Å². The molecular weight excluding hydrogens is 344 g/mol. The largest absolute Gasteiger partial charge is 0.298 e. The van der Waals surface area contributed by atoms with Crippen LogP contribution in [-0.2, 0) is 15.3 Å². The Balaban J connectivity index is 2.15. The number of amides is 1. The Morgan fingerprint density at radius 3 is 2.21 bits per heavy atom. The summed E-state index contributed by atoms with van der Waals surface area (Å²) in [6.45, 7) is 9.43. The minimum absolute atomic E-state index is 0.0771. The fraction of sp³-hybridized carbons (Fsp3) is 0.412. The van der Waals surface area contributed by atoms with Crippen molar-refractivity contribution < 1.29 is 13.2 Å². The van der Waals surface area contributed by atoms with Crippen LogP contribution in [-0.4, -0.2) is 24.6 Å². The normalized spacial score (nSPS) is 12.4.